The van der Waals surface area contributed by atoms with Crippen LogP contribution in [0.3, 0.4) is 0 Å². The van der Waals surface area contributed by atoms with E-state index >= 15 is 0 Å². The number of carbonyl (C=O) groups is 1. The third-order valence-electron chi connectivity index (χ3n) is 10.1. The maximum absolute atomic E-state index is 12.1. The second-order valence-corrected chi connectivity index (χ2v) is 11.1. The predicted octanol–water partition coefficient (Wildman–Crippen LogP) is 5.57. The Morgan fingerprint density at radius 2 is 1.71 bits per heavy atom. The van der Waals surface area contributed by atoms with Gasteiger partial charge in [-0.05, 0) is 85.0 Å². The van der Waals surface area contributed by atoms with Crippen LogP contribution in [0, 0.1) is 34.5 Å². The molecular formula is C26H36O2. The maximum Gasteiger partial charge on any atom is 0.133 e. The van der Waals surface area contributed by atoms with Gasteiger partial charge >= 0.3 is 0 Å². The van der Waals surface area contributed by atoms with Crippen LogP contribution in [-0.2, 0) is 11.2 Å². The van der Waals surface area contributed by atoms with Gasteiger partial charge in [0.2, 0.25) is 0 Å². The van der Waals surface area contributed by atoms with E-state index in [1.807, 2.05) is 0 Å². The first-order valence-electron chi connectivity index (χ1n) is 11.6. The number of benzene rings is 1. The molecule has 7 atom stereocenters. The van der Waals surface area contributed by atoms with Crippen LogP contribution in [0.2, 0.25) is 0 Å². The minimum absolute atomic E-state index is 0.0394. The molecule has 0 aliphatic heterocycles. The van der Waals surface area contributed by atoms with Crippen LogP contribution in [0.1, 0.15) is 77.2 Å². The van der Waals surface area contributed by atoms with E-state index in [0.717, 1.165) is 50.4 Å². The quantitative estimate of drug-likeness (QED) is 0.728. The van der Waals surface area contributed by atoms with Crippen LogP contribution >= 0.6 is 0 Å². The van der Waals surface area contributed by atoms with Crippen molar-refractivity contribution in [2.75, 3.05) is 0 Å². The first-order valence-corrected chi connectivity index (χ1v) is 11.6. The van der Waals surface area contributed by atoms with Gasteiger partial charge in [-0.3, -0.25) is 4.79 Å². The molecule has 4 aliphatic carbocycles. The molecule has 0 spiro atoms. The summed E-state index contributed by atoms with van der Waals surface area (Å²) >= 11 is 0. The summed E-state index contributed by atoms with van der Waals surface area (Å²) in [6, 6.07) is 10.6. The zero-order valence-corrected chi connectivity index (χ0v) is 17.6. The van der Waals surface area contributed by atoms with Crippen molar-refractivity contribution in [3.05, 3.63) is 35.9 Å². The molecule has 5 rings (SSSR count). The fourth-order valence-corrected chi connectivity index (χ4v) is 8.38. The molecule has 0 saturated heterocycles. The lowest BCUT2D eigenvalue weighted by atomic mass is 9.44. The fraction of sp³-hybridized carbons (Fsp3) is 0.731. The average molecular weight is 381 g/mol. The number of aliphatic hydroxyl groups is 1. The van der Waals surface area contributed by atoms with E-state index in [0.29, 0.717) is 23.0 Å². The normalized spacial score (nSPS) is 47.9. The van der Waals surface area contributed by atoms with E-state index in [4.69, 9.17) is 0 Å². The Hall–Kier alpha value is -1.15. The molecule has 1 aromatic carbocycles. The number of hydrogen-bond acceptors (Lipinski definition) is 2. The summed E-state index contributed by atoms with van der Waals surface area (Å²) in [6.45, 7) is 4.91. The summed E-state index contributed by atoms with van der Waals surface area (Å²) in [5.74, 6) is 3.27. The Morgan fingerprint density at radius 1 is 0.964 bits per heavy atom. The van der Waals surface area contributed by atoms with Crippen molar-refractivity contribution in [2.24, 2.45) is 34.5 Å². The Morgan fingerprint density at radius 3 is 2.50 bits per heavy atom. The van der Waals surface area contributed by atoms with Gasteiger partial charge in [-0.15, -0.1) is 0 Å². The van der Waals surface area contributed by atoms with E-state index in [-0.39, 0.29) is 5.41 Å². The number of ketones is 1. The molecule has 0 bridgehead atoms. The lowest BCUT2D eigenvalue weighted by Crippen LogP contribution is -2.57. The van der Waals surface area contributed by atoms with E-state index in [9.17, 15) is 9.90 Å². The predicted molar refractivity (Wildman–Crippen MR) is 112 cm³/mol. The lowest BCUT2D eigenvalue weighted by Gasteiger charge is -2.61. The summed E-state index contributed by atoms with van der Waals surface area (Å²) in [5.41, 5.74) is 1.11. The summed E-state index contributed by atoms with van der Waals surface area (Å²) in [4.78, 5) is 12.1. The molecule has 0 radical (unpaired) electrons. The summed E-state index contributed by atoms with van der Waals surface area (Å²) in [7, 11) is 0. The Balaban J connectivity index is 1.42. The molecule has 0 heterocycles. The van der Waals surface area contributed by atoms with Gasteiger partial charge in [0.25, 0.3) is 0 Å². The van der Waals surface area contributed by atoms with Crippen molar-refractivity contribution < 1.29 is 9.90 Å². The minimum atomic E-state index is -0.565. The monoisotopic (exact) mass is 380 g/mol. The van der Waals surface area contributed by atoms with Gasteiger partial charge < -0.3 is 5.11 Å². The molecule has 4 fully saturated rings. The molecule has 4 saturated carbocycles. The van der Waals surface area contributed by atoms with Crippen LogP contribution in [0.5, 0.6) is 0 Å². The largest absolute Gasteiger partial charge is 0.389 e. The summed E-state index contributed by atoms with van der Waals surface area (Å²) in [6.07, 6.45) is 10.6. The van der Waals surface area contributed by atoms with Crippen molar-refractivity contribution in [3.8, 4) is 0 Å². The third kappa shape index (κ3) is 2.59. The number of hydrogen-bond donors (Lipinski definition) is 1. The summed E-state index contributed by atoms with van der Waals surface area (Å²) < 4.78 is 0. The van der Waals surface area contributed by atoms with Crippen molar-refractivity contribution in [1.82, 2.24) is 0 Å². The number of fused-ring (bicyclic) bond motifs is 5. The average Bonchev–Trinajstić information content (AvgIpc) is 2.94. The molecule has 2 heteroatoms. The zero-order chi connectivity index (χ0) is 19.6. The highest BCUT2D eigenvalue weighted by molar-refractivity contribution is 5.79. The number of carbonyl (C=O) groups excluding carboxylic acids is 1. The van der Waals surface area contributed by atoms with Gasteiger partial charge in [0.1, 0.15) is 5.78 Å². The van der Waals surface area contributed by atoms with Crippen LogP contribution in [0.25, 0.3) is 0 Å². The van der Waals surface area contributed by atoms with Gasteiger partial charge in [-0.2, -0.15) is 0 Å². The Labute approximate surface area is 170 Å². The SMILES string of the molecule is C[C@]12CCC(=O)CC1CC[C@@H]1[C@@H]2CC[C@@]2(C)[C@H]1CC[C@@]2(O)Cc1ccccc1. The first kappa shape index (κ1) is 18.9. The Kier molecular flexibility index (Phi) is 4.32. The van der Waals surface area contributed by atoms with Crippen molar-refractivity contribution in [2.45, 2.75) is 83.7 Å². The number of Topliss-reactive ketones (excluding diaryl/α,β-unsaturated/α-hetero) is 1. The highest BCUT2D eigenvalue weighted by Crippen LogP contribution is 2.68. The van der Waals surface area contributed by atoms with Crippen LogP contribution in [0.15, 0.2) is 30.3 Å². The van der Waals surface area contributed by atoms with E-state index < -0.39 is 5.60 Å². The molecule has 4 aliphatic rings. The molecule has 152 valence electrons. The molecule has 1 aromatic rings. The minimum Gasteiger partial charge on any atom is -0.389 e. The van der Waals surface area contributed by atoms with Crippen LogP contribution in [-0.4, -0.2) is 16.5 Å². The van der Waals surface area contributed by atoms with Crippen molar-refractivity contribution >= 4 is 5.78 Å². The molecular weight excluding hydrogens is 344 g/mol. The van der Waals surface area contributed by atoms with Crippen LogP contribution < -0.4 is 0 Å². The van der Waals surface area contributed by atoms with Crippen molar-refractivity contribution in [1.29, 1.82) is 0 Å². The topological polar surface area (TPSA) is 37.3 Å². The van der Waals surface area contributed by atoms with Gasteiger partial charge in [0.05, 0.1) is 5.60 Å². The molecule has 1 unspecified atom stereocenters. The lowest BCUT2D eigenvalue weighted by molar-refractivity contribution is -0.156. The second kappa shape index (κ2) is 6.42. The van der Waals surface area contributed by atoms with Gasteiger partial charge in [-0.25, -0.2) is 0 Å². The second-order valence-electron chi connectivity index (χ2n) is 11.1. The smallest absolute Gasteiger partial charge is 0.133 e. The van der Waals surface area contributed by atoms with Gasteiger partial charge in [0.15, 0.2) is 0 Å². The third-order valence-corrected chi connectivity index (χ3v) is 10.1. The molecule has 0 amide bonds. The zero-order valence-electron chi connectivity index (χ0n) is 17.6. The molecule has 28 heavy (non-hydrogen) atoms. The highest BCUT2D eigenvalue weighted by Gasteiger charge is 2.64. The van der Waals surface area contributed by atoms with E-state index in [2.05, 4.69) is 44.2 Å². The van der Waals surface area contributed by atoms with E-state index in [1.165, 1.54) is 31.2 Å². The number of rotatable bonds is 2. The van der Waals surface area contributed by atoms with Crippen LogP contribution in [0.4, 0.5) is 0 Å². The van der Waals surface area contributed by atoms with E-state index in [1.54, 1.807) is 0 Å². The molecule has 0 aromatic heterocycles. The highest BCUT2D eigenvalue weighted by atomic mass is 16.3. The van der Waals surface area contributed by atoms with Crippen molar-refractivity contribution in [3.63, 3.8) is 0 Å². The van der Waals surface area contributed by atoms with Gasteiger partial charge in [-0.1, -0.05) is 44.2 Å². The fourth-order valence-electron chi connectivity index (χ4n) is 8.38. The first-order chi connectivity index (χ1) is 13.4. The summed E-state index contributed by atoms with van der Waals surface area (Å²) in [5, 5.41) is 11.9. The molecule has 2 nitrogen and oxygen atoms in total. The maximum atomic E-state index is 12.1. The Bertz CT molecular complexity index is 757. The van der Waals surface area contributed by atoms with Gasteiger partial charge in [0, 0.05) is 19.3 Å². The molecule has 1 N–H and O–H groups in total. The standard InChI is InChI=1S/C26H36O2/c1-24-13-10-20(27)16-19(24)8-9-21-22(24)11-14-25(2)23(21)12-15-26(25,28)17-18-6-4-3-5-7-18/h3-7,19,21-23,28H,8-17H2,1-2H3/t19?,21-,22+,23+,24+,25+,26-/m1/s1.